The van der Waals surface area contributed by atoms with E-state index in [0.717, 1.165) is 22.3 Å². The zero-order chi connectivity index (χ0) is 25.2. The molecule has 186 valence electrons. The quantitative estimate of drug-likeness (QED) is 0.568. The van der Waals surface area contributed by atoms with E-state index in [1.165, 1.54) is 0 Å². The Morgan fingerprint density at radius 3 is 2.17 bits per heavy atom. The molecule has 0 saturated carbocycles. The third-order valence-electron chi connectivity index (χ3n) is 6.79. The van der Waals surface area contributed by atoms with Gasteiger partial charge in [0.1, 0.15) is 18.8 Å². The van der Waals surface area contributed by atoms with Gasteiger partial charge in [0.25, 0.3) is 0 Å². The van der Waals surface area contributed by atoms with E-state index >= 15 is 0 Å². The van der Waals surface area contributed by atoms with Crippen molar-refractivity contribution in [1.82, 2.24) is 10.2 Å². The van der Waals surface area contributed by atoms with Gasteiger partial charge in [0.05, 0.1) is 13.1 Å². The molecule has 4 rings (SSSR count). The van der Waals surface area contributed by atoms with Crippen molar-refractivity contribution in [3.8, 4) is 11.1 Å². The van der Waals surface area contributed by atoms with E-state index in [1.54, 1.807) is 11.8 Å². The number of carbonyl (C=O) groups excluding carboxylic acids is 2. The molecule has 0 radical (unpaired) electrons. The predicted octanol–water partition coefficient (Wildman–Crippen LogP) is 3.64. The van der Waals surface area contributed by atoms with Crippen molar-refractivity contribution in [3.05, 3.63) is 59.7 Å². The van der Waals surface area contributed by atoms with Gasteiger partial charge in [-0.05, 0) is 35.1 Å². The summed E-state index contributed by atoms with van der Waals surface area (Å²) in [6, 6.07) is 15.9. The van der Waals surface area contributed by atoms with Crippen LogP contribution in [0.25, 0.3) is 11.1 Å². The summed E-state index contributed by atoms with van der Waals surface area (Å²) in [5.74, 6) is -1.16. The average Bonchev–Trinajstić information content (AvgIpc) is 3.12. The van der Waals surface area contributed by atoms with Gasteiger partial charge in [0, 0.05) is 18.4 Å². The van der Waals surface area contributed by atoms with Crippen molar-refractivity contribution in [2.75, 3.05) is 26.3 Å². The molecule has 1 heterocycles. The number of amides is 2. The topological polar surface area (TPSA) is 105 Å². The number of alkyl carbamates (subject to hydrolysis) is 1. The number of carboxylic acid groups (broad SMARTS) is 1. The summed E-state index contributed by atoms with van der Waals surface area (Å²) >= 11 is 0. The van der Waals surface area contributed by atoms with Crippen LogP contribution >= 0.6 is 0 Å². The monoisotopic (exact) mass is 480 g/mol. The van der Waals surface area contributed by atoms with Crippen molar-refractivity contribution in [1.29, 1.82) is 0 Å². The lowest BCUT2D eigenvalue weighted by Gasteiger charge is -2.47. The molecule has 1 saturated heterocycles. The first-order valence-electron chi connectivity index (χ1n) is 11.9. The Morgan fingerprint density at radius 2 is 1.63 bits per heavy atom. The minimum absolute atomic E-state index is 0.0235. The third kappa shape index (κ3) is 5.48. The summed E-state index contributed by atoms with van der Waals surface area (Å²) in [6.45, 7) is 6.15. The largest absolute Gasteiger partial charge is 0.480 e. The molecule has 2 aromatic rings. The summed E-state index contributed by atoms with van der Waals surface area (Å²) in [5.41, 5.74) is 3.96. The second-order valence-corrected chi connectivity index (χ2v) is 9.91. The molecular weight excluding hydrogens is 448 g/mol. The second kappa shape index (κ2) is 10.1. The SMILES string of the molecule is CC(C)[C@@H](CC(=O)N1CC(C)(OCC(=O)O)C1)NC(=O)OCC1c2ccccc2-c2ccccc21. The molecule has 1 aliphatic heterocycles. The lowest BCUT2D eigenvalue weighted by atomic mass is 9.93. The Labute approximate surface area is 205 Å². The number of fused-ring (bicyclic) bond motifs is 3. The summed E-state index contributed by atoms with van der Waals surface area (Å²) in [6.07, 6.45) is -0.409. The molecule has 0 aromatic heterocycles. The molecule has 0 spiro atoms. The van der Waals surface area contributed by atoms with Crippen molar-refractivity contribution in [3.63, 3.8) is 0 Å². The van der Waals surface area contributed by atoms with E-state index in [9.17, 15) is 14.4 Å². The maximum atomic E-state index is 12.8. The minimum atomic E-state index is -1.04. The van der Waals surface area contributed by atoms with Crippen LogP contribution in [-0.2, 0) is 19.1 Å². The highest BCUT2D eigenvalue weighted by Crippen LogP contribution is 2.44. The van der Waals surface area contributed by atoms with Crippen LogP contribution in [-0.4, -0.2) is 65.9 Å². The van der Waals surface area contributed by atoms with Gasteiger partial charge >= 0.3 is 12.1 Å². The van der Waals surface area contributed by atoms with Gasteiger partial charge in [-0.3, -0.25) is 4.79 Å². The van der Waals surface area contributed by atoms with Crippen LogP contribution < -0.4 is 5.32 Å². The number of carbonyl (C=O) groups is 3. The molecule has 8 nitrogen and oxygen atoms in total. The second-order valence-electron chi connectivity index (χ2n) is 9.91. The highest BCUT2D eigenvalue weighted by atomic mass is 16.5. The Kier molecular flexibility index (Phi) is 7.12. The van der Waals surface area contributed by atoms with E-state index in [-0.39, 0.29) is 36.8 Å². The zero-order valence-electron chi connectivity index (χ0n) is 20.3. The number of nitrogens with one attached hydrogen (secondary N) is 1. The maximum Gasteiger partial charge on any atom is 0.407 e. The lowest BCUT2D eigenvalue weighted by molar-refractivity contribution is -0.173. The molecule has 0 unspecified atom stereocenters. The van der Waals surface area contributed by atoms with E-state index in [2.05, 4.69) is 29.6 Å². The molecule has 2 aromatic carbocycles. The molecule has 0 bridgehead atoms. The van der Waals surface area contributed by atoms with Crippen LogP contribution in [0.3, 0.4) is 0 Å². The van der Waals surface area contributed by atoms with Gasteiger partial charge in [0.2, 0.25) is 5.91 Å². The third-order valence-corrected chi connectivity index (χ3v) is 6.79. The number of ether oxygens (including phenoxy) is 2. The van der Waals surface area contributed by atoms with Crippen LogP contribution in [0.5, 0.6) is 0 Å². The number of benzene rings is 2. The van der Waals surface area contributed by atoms with Gasteiger partial charge in [-0.2, -0.15) is 0 Å². The summed E-state index contributed by atoms with van der Waals surface area (Å²) < 4.78 is 11.0. The van der Waals surface area contributed by atoms with E-state index in [1.807, 2.05) is 38.1 Å². The summed E-state index contributed by atoms with van der Waals surface area (Å²) in [7, 11) is 0. The number of aliphatic carboxylic acids is 1. The number of hydrogen-bond donors (Lipinski definition) is 2. The van der Waals surface area contributed by atoms with Crippen LogP contribution in [0.4, 0.5) is 4.79 Å². The van der Waals surface area contributed by atoms with Crippen LogP contribution in [0.15, 0.2) is 48.5 Å². The normalized spacial score (nSPS) is 16.7. The van der Waals surface area contributed by atoms with Crippen LogP contribution in [0.1, 0.15) is 44.2 Å². The summed E-state index contributed by atoms with van der Waals surface area (Å²) in [5, 5.41) is 11.7. The van der Waals surface area contributed by atoms with Crippen molar-refractivity contribution < 1.29 is 29.0 Å². The Hall–Kier alpha value is -3.39. The fourth-order valence-corrected chi connectivity index (χ4v) is 4.83. The van der Waals surface area contributed by atoms with E-state index in [0.29, 0.717) is 13.1 Å². The fourth-order valence-electron chi connectivity index (χ4n) is 4.83. The predicted molar refractivity (Wildman–Crippen MR) is 130 cm³/mol. The van der Waals surface area contributed by atoms with Gasteiger partial charge < -0.3 is 24.8 Å². The first-order chi connectivity index (χ1) is 16.7. The minimum Gasteiger partial charge on any atom is -0.480 e. The number of rotatable bonds is 9. The molecule has 1 fully saturated rings. The number of nitrogens with zero attached hydrogens (tertiary/aromatic N) is 1. The van der Waals surface area contributed by atoms with Crippen molar-refractivity contribution >= 4 is 18.0 Å². The Balaban J connectivity index is 1.31. The molecule has 2 amide bonds. The van der Waals surface area contributed by atoms with Crippen LogP contribution in [0, 0.1) is 5.92 Å². The molecule has 35 heavy (non-hydrogen) atoms. The molecular formula is C27H32N2O6. The first-order valence-corrected chi connectivity index (χ1v) is 11.9. The highest BCUT2D eigenvalue weighted by molar-refractivity contribution is 5.80. The Bertz CT molecular complexity index is 1060. The maximum absolute atomic E-state index is 12.8. The zero-order valence-corrected chi connectivity index (χ0v) is 20.3. The molecule has 8 heteroatoms. The molecule has 1 aliphatic carbocycles. The highest BCUT2D eigenvalue weighted by Gasteiger charge is 2.43. The number of likely N-dealkylation sites (tertiary alicyclic amines) is 1. The Morgan fingerprint density at radius 1 is 1.06 bits per heavy atom. The smallest absolute Gasteiger partial charge is 0.407 e. The first kappa shape index (κ1) is 24.7. The van der Waals surface area contributed by atoms with Gasteiger partial charge in [-0.1, -0.05) is 62.4 Å². The molecule has 2 aliphatic rings. The molecule has 2 N–H and O–H groups in total. The van der Waals surface area contributed by atoms with Gasteiger partial charge in [-0.15, -0.1) is 0 Å². The number of hydrogen-bond acceptors (Lipinski definition) is 5. The van der Waals surface area contributed by atoms with Gasteiger partial charge in [0.15, 0.2) is 0 Å². The lowest BCUT2D eigenvalue weighted by Crippen LogP contribution is -2.64. The standard InChI is InChI=1S/C27H32N2O6/c1-17(2)23(12-24(30)29-15-27(3,16-29)35-14-25(31)32)28-26(33)34-13-22-20-10-6-4-8-18(20)19-9-5-7-11-21(19)22/h4-11,17,22-23H,12-16H2,1-3H3,(H,28,33)(H,31,32)/t23-/m1/s1. The van der Waals surface area contributed by atoms with Crippen molar-refractivity contribution in [2.24, 2.45) is 5.92 Å². The molecule has 1 atom stereocenters. The van der Waals surface area contributed by atoms with E-state index in [4.69, 9.17) is 14.6 Å². The van der Waals surface area contributed by atoms with Gasteiger partial charge in [-0.25, -0.2) is 9.59 Å². The van der Waals surface area contributed by atoms with E-state index < -0.39 is 24.3 Å². The average molecular weight is 481 g/mol. The summed E-state index contributed by atoms with van der Waals surface area (Å²) in [4.78, 5) is 37.8. The fraction of sp³-hybridized carbons (Fsp3) is 0.444. The van der Waals surface area contributed by atoms with Crippen LogP contribution in [0.2, 0.25) is 0 Å². The number of carboxylic acids is 1. The van der Waals surface area contributed by atoms with Crippen molar-refractivity contribution in [2.45, 2.75) is 44.8 Å².